The van der Waals surface area contributed by atoms with Crippen LogP contribution in [0.25, 0.3) is 0 Å². The Bertz CT molecular complexity index is 1080. The molecule has 1 atom stereocenters. The molecule has 1 aromatic heterocycles. The second kappa shape index (κ2) is 9.92. The number of carbonyl (C=O) groups is 1. The third-order valence-corrected chi connectivity index (χ3v) is 5.17. The van der Waals surface area contributed by atoms with Crippen LogP contribution in [0.15, 0.2) is 60.8 Å². The lowest BCUT2D eigenvalue weighted by Gasteiger charge is -2.39. The number of morpholine rings is 1. The monoisotopic (exact) mass is 455 g/mol. The predicted octanol–water partition coefficient (Wildman–Crippen LogP) is 3.93. The van der Waals surface area contributed by atoms with Gasteiger partial charge in [0.25, 0.3) is 0 Å². The minimum Gasteiger partial charge on any atom is -0.478 e. The molecule has 0 spiro atoms. The molecule has 0 bridgehead atoms. The molecular formula is C22H22ClN5O4. The van der Waals surface area contributed by atoms with E-state index in [-0.39, 0.29) is 16.9 Å². The number of ether oxygens (including phenoxy) is 2. The molecule has 4 rings (SSSR count). The molecule has 2 aromatic carbocycles. The molecule has 1 unspecified atom stereocenters. The number of rotatable bonds is 7. The predicted molar refractivity (Wildman–Crippen MR) is 121 cm³/mol. The average Bonchev–Trinajstić information content (AvgIpc) is 2.82. The van der Waals surface area contributed by atoms with Crippen LogP contribution in [-0.2, 0) is 9.47 Å². The maximum Gasteiger partial charge on any atom is 0.337 e. The standard InChI is InChI=1S/C22H22ClN5O4/c1-31-19-14-27(11-12-32-19)28(15-7-3-2-4-8-15)22-24-13-17(23)20(26-22)25-18-10-6-5-9-16(18)21(29)30/h2-10,13,19H,11-12,14H2,1H3,(H,29,30)(H,24,25,26). The fraction of sp³-hybridized carbons (Fsp3) is 0.227. The smallest absolute Gasteiger partial charge is 0.337 e. The van der Waals surface area contributed by atoms with E-state index in [0.29, 0.717) is 37.1 Å². The van der Waals surface area contributed by atoms with E-state index in [0.717, 1.165) is 5.69 Å². The van der Waals surface area contributed by atoms with E-state index in [1.54, 1.807) is 25.3 Å². The normalized spacial score (nSPS) is 16.5. The van der Waals surface area contributed by atoms with Crippen molar-refractivity contribution in [2.45, 2.75) is 6.29 Å². The summed E-state index contributed by atoms with van der Waals surface area (Å²) in [5.74, 6) is -0.390. The van der Waals surface area contributed by atoms with Gasteiger partial charge in [-0.15, -0.1) is 0 Å². The summed E-state index contributed by atoms with van der Waals surface area (Å²) in [7, 11) is 1.60. The Labute approximate surface area is 190 Å². The Morgan fingerprint density at radius 3 is 2.75 bits per heavy atom. The van der Waals surface area contributed by atoms with Crippen LogP contribution in [-0.4, -0.2) is 59.1 Å². The van der Waals surface area contributed by atoms with Crippen LogP contribution in [0.4, 0.5) is 23.1 Å². The second-order valence-electron chi connectivity index (χ2n) is 6.94. The molecule has 0 saturated carbocycles. The van der Waals surface area contributed by atoms with Crippen LogP contribution in [0.1, 0.15) is 10.4 Å². The molecule has 0 radical (unpaired) electrons. The third kappa shape index (κ3) is 4.81. The summed E-state index contributed by atoms with van der Waals surface area (Å²) in [6.45, 7) is 1.56. The number of nitrogens with zero attached hydrogens (tertiary/aromatic N) is 4. The summed E-state index contributed by atoms with van der Waals surface area (Å²) in [5.41, 5.74) is 1.34. The number of hydrogen-bond acceptors (Lipinski definition) is 8. The van der Waals surface area contributed by atoms with Crippen LogP contribution in [0.3, 0.4) is 0 Å². The summed E-state index contributed by atoms with van der Waals surface area (Å²) < 4.78 is 11.0. The maximum atomic E-state index is 11.6. The van der Waals surface area contributed by atoms with Gasteiger partial charge in [0.15, 0.2) is 12.1 Å². The van der Waals surface area contributed by atoms with Crippen molar-refractivity contribution >= 4 is 40.7 Å². The Morgan fingerprint density at radius 1 is 1.25 bits per heavy atom. The number of carboxylic acids is 1. The zero-order valence-corrected chi connectivity index (χ0v) is 18.1. The number of anilines is 4. The van der Waals surface area contributed by atoms with Gasteiger partial charge in [0, 0.05) is 13.7 Å². The Hall–Kier alpha value is -3.24. The second-order valence-corrected chi connectivity index (χ2v) is 7.35. The number of nitrogens with one attached hydrogen (secondary N) is 1. The molecule has 1 fully saturated rings. The molecule has 2 N–H and O–H groups in total. The number of hydrazine groups is 1. The minimum atomic E-state index is -1.05. The van der Waals surface area contributed by atoms with Crippen molar-refractivity contribution in [1.82, 2.24) is 15.0 Å². The highest BCUT2D eigenvalue weighted by Crippen LogP contribution is 2.31. The van der Waals surface area contributed by atoms with E-state index in [9.17, 15) is 9.90 Å². The first-order valence-electron chi connectivity index (χ1n) is 9.93. The molecular weight excluding hydrogens is 434 g/mol. The van der Waals surface area contributed by atoms with Crippen molar-refractivity contribution in [2.75, 3.05) is 37.1 Å². The zero-order valence-electron chi connectivity index (χ0n) is 17.3. The fourth-order valence-corrected chi connectivity index (χ4v) is 3.50. The molecule has 10 heteroatoms. The molecule has 2 heterocycles. The molecule has 3 aromatic rings. The van der Waals surface area contributed by atoms with Crippen molar-refractivity contribution in [1.29, 1.82) is 0 Å². The van der Waals surface area contributed by atoms with Gasteiger partial charge in [-0.1, -0.05) is 41.9 Å². The highest BCUT2D eigenvalue weighted by molar-refractivity contribution is 6.33. The van der Waals surface area contributed by atoms with Gasteiger partial charge >= 0.3 is 5.97 Å². The van der Waals surface area contributed by atoms with E-state index >= 15 is 0 Å². The van der Waals surface area contributed by atoms with Gasteiger partial charge in [-0.05, 0) is 24.3 Å². The highest BCUT2D eigenvalue weighted by atomic mass is 35.5. The number of methoxy groups -OCH3 is 1. The lowest BCUT2D eigenvalue weighted by molar-refractivity contribution is -0.164. The summed E-state index contributed by atoms with van der Waals surface area (Å²) in [6, 6.07) is 16.2. The number of halogens is 1. The number of aromatic carboxylic acids is 1. The molecule has 1 saturated heterocycles. The van der Waals surface area contributed by atoms with Crippen molar-refractivity contribution in [3.05, 3.63) is 71.4 Å². The molecule has 0 amide bonds. The minimum absolute atomic E-state index is 0.111. The van der Waals surface area contributed by atoms with E-state index in [4.69, 9.17) is 21.1 Å². The van der Waals surface area contributed by atoms with Gasteiger partial charge in [-0.25, -0.2) is 19.8 Å². The maximum absolute atomic E-state index is 11.6. The number of hydrogen-bond donors (Lipinski definition) is 2. The lowest BCUT2D eigenvalue weighted by atomic mass is 10.2. The Morgan fingerprint density at radius 2 is 2.00 bits per heavy atom. The first-order valence-corrected chi connectivity index (χ1v) is 10.3. The van der Waals surface area contributed by atoms with Crippen LogP contribution in [0.2, 0.25) is 5.02 Å². The molecule has 0 aliphatic carbocycles. The molecule has 1 aliphatic rings. The quantitative estimate of drug-likeness (QED) is 0.548. The van der Waals surface area contributed by atoms with E-state index in [1.165, 1.54) is 12.3 Å². The largest absolute Gasteiger partial charge is 0.478 e. The third-order valence-electron chi connectivity index (χ3n) is 4.89. The first-order chi connectivity index (χ1) is 15.6. The van der Waals surface area contributed by atoms with Crippen molar-refractivity contribution in [3.8, 4) is 0 Å². The van der Waals surface area contributed by atoms with Crippen LogP contribution < -0.4 is 10.3 Å². The van der Waals surface area contributed by atoms with Crippen LogP contribution in [0, 0.1) is 0 Å². The average molecular weight is 456 g/mol. The fourth-order valence-electron chi connectivity index (χ4n) is 3.36. The van der Waals surface area contributed by atoms with Crippen molar-refractivity contribution in [3.63, 3.8) is 0 Å². The van der Waals surface area contributed by atoms with Gasteiger partial charge in [0.05, 0.1) is 36.3 Å². The Balaban J connectivity index is 1.72. The number of aromatic nitrogens is 2. The van der Waals surface area contributed by atoms with Gasteiger partial charge in [-0.2, -0.15) is 4.98 Å². The summed E-state index contributed by atoms with van der Waals surface area (Å²) in [6.07, 6.45) is 1.10. The van der Waals surface area contributed by atoms with E-state index in [1.807, 2.05) is 40.3 Å². The van der Waals surface area contributed by atoms with Gasteiger partial charge in [-0.3, -0.25) is 0 Å². The summed E-state index contributed by atoms with van der Waals surface area (Å²) >= 11 is 6.35. The summed E-state index contributed by atoms with van der Waals surface area (Å²) in [5, 5.41) is 16.7. The lowest BCUT2D eigenvalue weighted by Crippen LogP contribution is -2.51. The SMILES string of the molecule is COC1CN(N(c2ccccc2)c2ncc(Cl)c(Nc3ccccc3C(=O)O)n2)CCO1. The number of para-hydroxylation sites is 2. The zero-order chi connectivity index (χ0) is 22.5. The first kappa shape index (κ1) is 22.0. The number of carboxylic acid groups (broad SMARTS) is 1. The van der Waals surface area contributed by atoms with Gasteiger partial charge in [0.2, 0.25) is 5.95 Å². The number of benzene rings is 2. The van der Waals surface area contributed by atoms with E-state index in [2.05, 4.69) is 15.3 Å². The van der Waals surface area contributed by atoms with Crippen molar-refractivity contribution < 1.29 is 19.4 Å². The molecule has 1 aliphatic heterocycles. The van der Waals surface area contributed by atoms with Crippen LogP contribution >= 0.6 is 11.6 Å². The topological polar surface area (TPSA) is 100 Å². The van der Waals surface area contributed by atoms with Gasteiger partial charge in [0.1, 0.15) is 5.02 Å². The molecule has 9 nitrogen and oxygen atoms in total. The van der Waals surface area contributed by atoms with Crippen molar-refractivity contribution in [2.24, 2.45) is 0 Å². The molecule has 32 heavy (non-hydrogen) atoms. The Kier molecular flexibility index (Phi) is 6.81. The highest BCUT2D eigenvalue weighted by Gasteiger charge is 2.28. The van der Waals surface area contributed by atoms with E-state index < -0.39 is 5.97 Å². The van der Waals surface area contributed by atoms with Crippen LogP contribution in [0.5, 0.6) is 0 Å². The van der Waals surface area contributed by atoms with Gasteiger partial charge < -0.3 is 19.9 Å². The molecule has 166 valence electrons. The summed E-state index contributed by atoms with van der Waals surface area (Å²) in [4.78, 5) is 20.6.